The van der Waals surface area contributed by atoms with Crippen molar-refractivity contribution in [3.05, 3.63) is 29.3 Å². The Bertz CT molecular complexity index is 563. The summed E-state index contributed by atoms with van der Waals surface area (Å²) in [4.78, 5) is 16.4. The molecule has 1 aromatic heterocycles. The number of nitrogens with zero attached hydrogens (tertiary/aromatic N) is 1. The van der Waals surface area contributed by atoms with E-state index in [2.05, 4.69) is 10.3 Å². The van der Waals surface area contributed by atoms with Gasteiger partial charge in [-0.3, -0.25) is 4.79 Å². The van der Waals surface area contributed by atoms with Crippen molar-refractivity contribution in [2.75, 3.05) is 18.6 Å². The standard InChI is InChI=1S/C14H18N2O2S2/c1-14(18,7-8-19-2)9-15-12(17)13-16-10-5-3-4-6-11(10)20-13/h3-6,18H,7-9H2,1-2H3,(H,15,17). The van der Waals surface area contributed by atoms with E-state index in [4.69, 9.17) is 0 Å². The molecule has 0 radical (unpaired) electrons. The van der Waals surface area contributed by atoms with Crippen LogP contribution >= 0.6 is 23.1 Å². The van der Waals surface area contributed by atoms with Gasteiger partial charge in [0.05, 0.1) is 15.8 Å². The molecule has 2 rings (SSSR count). The fourth-order valence-electron chi connectivity index (χ4n) is 1.73. The minimum Gasteiger partial charge on any atom is -0.388 e. The molecule has 1 atom stereocenters. The van der Waals surface area contributed by atoms with Gasteiger partial charge in [-0.15, -0.1) is 11.3 Å². The lowest BCUT2D eigenvalue weighted by molar-refractivity contribution is 0.0528. The van der Waals surface area contributed by atoms with E-state index < -0.39 is 5.60 Å². The molecule has 4 nitrogen and oxygen atoms in total. The molecular formula is C14H18N2O2S2. The minimum atomic E-state index is -0.880. The number of hydrogen-bond acceptors (Lipinski definition) is 5. The fraction of sp³-hybridized carbons (Fsp3) is 0.429. The maximum atomic E-state index is 12.1. The third-order valence-corrected chi connectivity index (χ3v) is 4.61. The van der Waals surface area contributed by atoms with Crippen LogP contribution in [-0.2, 0) is 0 Å². The number of thioether (sulfide) groups is 1. The number of aromatic nitrogens is 1. The molecule has 20 heavy (non-hydrogen) atoms. The SMILES string of the molecule is CSCCC(C)(O)CNC(=O)c1nc2ccccc2s1. The molecule has 0 aliphatic rings. The zero-order chi connectivity index (χ0) is 14.6. The zero-order valence-electron chi connectivity index (χ0n) is 11.5. The molecule has 0 aliphatic heterocycles. The smallest absolute Gasteiger partial charge is 0.280 e. The second-order valence-corrected chi connectivity index (χ2v) is 6.93. The summed E-state index contributed by atoms with van der Waals surface area (Å²) in [5, 5.41) is 13.3. The Morgan fingerprint density at radius 1 is 1.50 bits per heavy atom. The van der Waals surface area contributed by atoms with Crippen LogP contribution in [0.2, 0.25) is 0 Å². The van der Waals surface area contributed by atoms with Gasteiger partial charge in [0.2, 0.25) is 0 Å². The van der Waals surface area contributed by atoms with Crippen LogP contribution in [0.15, 0.2) is 24.3 Å². The van der Waals surface area contributed by atoms with E-state index in [1.165, 1.54) is 11.3 Å². The topological polar surface area (TPSA) is 62.2 Å². The number of rotatable bonds is 6. The number of fused-ring (bicyclic) bond motifs is 1. The highest BCUT2D eigenvalue weighted by Crippen LogP contribution is 2.21. The molecule has 2 aromatic rings. The van der Waals surface area contributed by atoms with E-state index in [0.29, 0.717) is 11.4 Å². The summed E-state index contributed by atoms with van der Waals surface area (Å²) >= 11 is 3.04. The third kappa shape index (κ3) is 3.94. The second kappa shape index (κ2) is 6.56. The molecule has 0 saturated heterocycles. The summed E-state index contributed by atoms with van der Waals surface area (Å²) in [6, 6.07) is 7.65. The lowest BCUT2D eigenvalue weighted by atomic mass is 10.0. The zero-order valence-corrected chi connectivity index (χ0v) is 13.2. The fourth-order valence-corrected chi connectivity index (χ4v) is 3.25. The van der Waals surface area contributed by atoms with Gasteiger partial charge < -0.3 is 10.4 Å². The average Bonchev–Trinajstić information content (AvgIpc) is 2.86. The van der Waals surface area contributed by atoms with Crippen molar-refractivity contribution < 1.29 is 9.90 Å². The van der Waals surface area contributed by atoms with Crippen molar-refractivity contribution in [3.63, 3.8) is 0 Å². The molecule has 1 heterocycles. The number of aliphatic hydroxyl groups is 1. The Balaban J connectivity index is 1.98. The molecule has 0 spiro atoms. The normalized spacial score (nSPS) is 14.2. The molecule has 6 heteroatoms. The van der Waals surface area contributed by atoms with Crippen LogP contribution in [0, 0.1) is 0 Å². The van der Waals surface area contributed by atoms with Gasteiger partial charge >= 0.3 is 0 Å². The average molecular weight is 310 g/mol. The van der Waals surface area contributed by atoms with Crippen LogP contribution < -0.4 is 5.32 Å². The van der Waals surface area contributed by atoms with E-state index in [1.807, 2.05) is 30.5 Å². The van der Waals surface area contributed by atoms with E-state index in [-0.39, 0.29) is 12.5 Å². The second-order valence-electron chi connectivity index (χ2n) is 4.91. The van der Waals surface area contributed by atoms with Gasteiger partial charge in [-0.25, -0.2) is 4.98 Å². The van der Waals surface area contributed by atoms with Crippen molar-refractivity contribution in [1.82, 2.24) is 10.3 Å². The monoisotopic (exact) mass is 310 g/mol. The molecular weight excluding hydrogens is 292 g/mol. The van der Waals surface area contributed by atoms with Gasteiger partial charge in [0, 0.05) is 6.54 Å². The summed E-state index contributed by atoms with van der Waals surface area (Å²) in [5.74, 6) is 0.639. The Morgan fingerprint density at radius 2 is 2.25 bits per heavy atom. The van der Waals surface area contributed by atoms with Crippen molar-refractivity contribution in [2.24, 2.45) is 0 Å². The molecule has 0 bridgehead atoms. The maximum absolute atomic E-state index is 12.1. The Hall–Kier alpha value is -1.11. The predicted molar refractivity (Wildman–Crippen MR) is 85.6 cm³/mol. The third-order valence-electron chi connectivity index (χ3n) is 2.96. The van der Waals surface area contributed by atoms with Gasteiger partial charge in [-0.2, -0.15) is 11.8 Å². The number of benzene rings is 1. The van der Waals surface area contributed by atoms with E-state index in [0.717, 1.165) is 16.0 Å². The van der Waals surface area contributed by atoms with Crippen molar-refractivity contribution >= 4 is 39.2 Å². The first-order valence-electron chi connectivity index (χ1n) is 6.37. The summed E-state index contributed by atoms with van der Waals surface area (Å²) in [7, 11) is 0. The first-order valence-corrected chi connectivity index (χ1v) is 8.58. The quantitative estimate of drug-likeness (QED) is 0.860. The van der Waals surface area contributed by atoms with Crippen LogP contribution in [0.1, 0.15) is 23.1 Å². The lowest BCUT2D eigenvalue weighted by Gasteiger charge is -2.22. The number of hydrogen-bond donors (Lipinski definition) is 2. The molecule has 0 aliphatic carbocycles. The lowest BCUT2D eigenvalue weighted by Crippen LogP contribution is -2.41. The maximum Gasteiger partial charge on any atom is 0.280 e. The minimum absolute atomic E-state index is 0.226. The summed E-state index contributed by atoms with van der Waals surface area (Å²) in [6.07, 6.45) is 2.64. The van der Waals surface area contributed by atoms with E-state index in [9.17, 15) is 9.90 Å². The number of thiazole rings is 1. The molecule has 0 fully saturated rings. The number of nitrogens with one attached hydrogen (secondary N) is 1. The highest BCUT2D eigenvalue weighted by atomic mass is 32.2. The Kier molecular flexibility index (Phi) is 5.01. The van der Waals surface area contributed by atoms with Crippen LogP contribution in [0.5, 0.6) is 0 Å². The molecule has 1 unspecified atom stereocenters. The first kappa shape index (κ1) is 15.3. The molecule has 1 aromatic carbocycles. The number of para-hydroxylation sites is 1. The van der Waals surface area contributed by atoms with Crippen molar-refractivity contribution in [3.8, 4) is 0 Å². The number of carbonyl (C=O) groups excluding carboxylic acids is 1. The Morgan fingerprint density at radius 3 is 2.95 bits per heavy atom. The van der Waals surface area contributed by atoms with Gasteiger partial charge in [-0.05, 0) is 37.5 Å². The molecule has 1 amide bonds. The molecule has 0 saturated carbocycles. The summed E-state index contributed by atoms with van der Waals surface area (Å²) < 4.78 is 0.992. The Labute approximate surface area is 126 Å². The van der Waals surface area contributed by atoms with Gasteiger partial charge in [0.1, 0.15) is 0 Å². The highest BCUT2D eigenvalue weighted by molar-refractivity contribution is 7.98. The number of amides is 1. The first-order chi connectivity index (χ1) is 9.52. The van der Waals surface area contributed by atoms with Crippen LogP contribution in [0.25, 0.3) is 10.2 Å². The predicted octanol–water partition coefficient (Wildman–Crippen LogP) is 2.53. The largest absolute Gasteiger partial charge is 0.388 e. The van der Waals surface area contributed by atoms with E-state index in [1.54, 1.807) is 18.7 Å². The van der Waals surface area contributed by atoms with Crippen molar-refractivity contribution in [1.29, 1.82) is 0 Å². The number of carbonyl (C=O) groups is 1. The van der Waals surface area contributed by atoms with E-state index >= 15 is 0 Å². The molecule has 2 N–H and O–H groups in total. The van der Waals surface area contributed by atoms with Crippen LogP contribution in [-0.4, -0.2) is 40.2 Å². The highest BCUT2D eigenvalue weighted by Gasteiger charge is 2.22. The van der Waals surface area contributed by atoms with Crippen LogP contribution in [0.3, 0.4) is 0 Å². The van der Waals surface area contributed by atoms with Crippen molar-refractivity contribution in [2.45, 2.75) is 18.9 Å². The van der Waals surface area contributed by atoms with Gasteiger partial charge in [-0.1, -0.05) is 12.1 Å². The molecule has 108 valence electrons. The summed E-state index contributed by atoms with van der Waals surface area (Å²) in [6.45, 7) is 1.98. The van der Waals surface area contributed by atoms with Crippen LogP contribution in [0.4, 0.5) is 0 Å². The summed E-state index contributed by atoms with van der Waals surface area (Å²) in [5.41, 5.74) is -0.0492. The van der Waals surface area contributed by atoms with Gasteiger partial charge in [0.25, 0.3) is 5.91 Å². The van der Waals surface area contributed by atoms with Gasteiger partial charge in [0.15, 0.2) is 5.01 Å².